The van der Waals surface area contributed by atoms with E-state index < -0.39 is 0 Å². The molecular weight excluding hydrogens is 394 g/mol. The summed E-state index contributed by atoms with van der Waals surface area (Å²) >= 11 is 7.18. The average molecular weight is 410 g/mol. The molecule has 0 saturated heterocycles. The largest absolute Gasteiger partial charge is 0.411 e. The zero-order valence-corrected chi connectivity index (χ0v) is 16.6. The van der Waals surface area contributed by atoms with Crippen LogP contribution in [0.25, 0.3) is 22.2 Å². The number of carbonyl (C=O) groups is 1. The number of fused-ring (bicyclic) bond motifs is 1. The molecule has 4 aromatic rings. The molecule has 0 spiro atoms. The number of amides is 1. The number of nitrogens with one attached hydrogen (secondary N) is 1. The third-order valence-electron chi connectivity index (χ3n) is 4.23. The van der Waals surface area contributed by atoms with Gasteiger partial charge in [-0.3, -0.25) is 4.79 Å². The minimum absolute atomic E-state index is 0.156. The summed E-state index contributed by atoms with van der Waals surface area (Å²) in [6.45, 7) is 1.91. The molecule has 0 aliphatic carbocycles. The van der Waals surface area contributed by atoms with Gasteiger partial charge in [-0.1, -0.05) is 65.8 Å². The van der Waals surface area contributed by atoms with Crippen molar-refractivity contribution >= 4 is 45.7 Å². The predicted octanol–water partition coefficient (Wildman–Crippen LogP) is 5.58. The van der Waals surface area contributed by atoms with Crippen molar-refractivity contribution in [3.63, 3.8) is 0 Å². The van der Waals surface area contributed by atoms with Gasteiger partial charge in [-0.15, -0.1) is 10.2 Å². The minimum Gasteiger partial charge on any atom is -0.411 e. The van der Waals surface area contributed by atoms with Crippen LogP contribution in [-0.4, -0.2) is 21.9 Å². The molecule has 140 valence electrons. The maximum atomic E-state index is 12.2. The highest BCUT2D eigenvalue weighted by molar-refractivity contribution is 7.99. The fourth-order valence-electron chi connectivity index (χ4n) is 2.83. The van der Waals surface area contributed by atoms with E-state index >= 15 is 0 Å². The SMILES string of the molecule is Cc1ccc(Cl)cc1NC(=O)CSc1nnc(-c2cccc3ccccc23)o1. The van der Waals surface area contributed by atoms with Gasteiger partial charge in [0, 0.05) is 16.3 Å². The third kappa shape index (κ3) is 4.03. The van der Waals surface area contributed by atoms with E-state index in [0.717, 1.165) is 21.9 Å². The molecule has 0 fully saturated rings. The van der Waals surface area contributed by atoms with Crippen LogP contribution in [0.1, 0.15) is 5.56 Å². The smallest absolute Gasteiger partial charge is 0.277 e. The van der Waals surface area contributed by atoms with E-state index in [1.54, 1.807) is 12.1 Å². The molecule has 1 aromatic heterocycles. The topological polar surface area (TPSA) is 68.0 Å². The Kier molecular flexibility index (Phi) is 5.32. The summed E-state index contributed by atoms with van der Waals surface area (Å²) in [5.74, 6) is 0.425. The van der Waals surface area contributed by atoms with Crippen molar-refractivity contribution in [2.24, 2.45) is 0 Å². The second kappa shape index (κ2) is 8.04. The van der Waals surface area contributed by atoms with Crippen LogP contribution in [-0.2, 0) is 4.79 Å². The highest BCUT2D eigenvalue weighted by Crippen LogP contribution is 2.29. The molecule has 3 aromatic carbocycles. The average Bonchev–Trinajstić information content (AvgIpc) is 3.18. The summed E-state index contributed by atoms with van der Waals surface area (Å²) in [4.78, 5) is 12.2. The van der Waals surface area contributed by atoms with E-state index in [4.69, 9.17) is 16.0 Å². The number of nitrogens with zero attached hydrogens (tertiary/aromatic N) is 2. The van der Waals surface area contributed by atoms with Crippen molar-refractivity contribution in [3.8, 4) is 11.5 Å². The van der Waals surface area contributed by atoms with Crippen molar-refractivity contribution in [2.75, 3.05) is 11.1 Å². The number of aryl methyl sites for hydroxylation is 1. The van der Waals surface area contributed by atoms with Crippen molar-refractivity contribution in [1.82, 2.24) is 10.2 Å². The van der Waals surface area contributed by atoms with Crippen molar-refractivity contribution in [2.45, 2.75) is 12.1 Å². The summed E-state index contributed by atoms with van der Waals surface area (Å²) in [6.07, 6.45) is 0. The molecule has 0 atom stereocenters. The molecule has 0 aliphatic rings. The lowest BCUT2D eigenvalue weighted by Gasteiger charge is -2.07. The monoisotopic (exact) mass is 409 g/mol. The van der Waals surface area contributed by atoms with Crippen LogP contribution >= 0.6 is 23.4 Å². The maximum absolute atomic E-state index is 12.2. The molecular formula is C21H16ClN3O2S. The van der Waals surface area contributed by atoms with Crippen LogP contribution in [0.5, 0.6) is 0 Å². The summed E-state index contributed by atoms with van der Waals surface area (Å²) < 4.78 is 5.76. The minimum atomic E-state index is -0.166. The first-order valence-corrected chi connectivity index (χ1v) is 9.97. The fraction of sp³-hybridized carbons (Fsp3) is 0.0952. The van der Waals surface area contributed by atoms with Crippen LogP contribution in [0.15, 0.2) is 70.3 Å². The van der Waals surface area contributed by atoms with Gasteiger partial charge in [-0.25, -0.2) is 0 Å². The zero-order valence-electron chi connectivity index (χ0n) is 15.0. The number of anilines is 1. The highest BCUT2D eigenvalue weighted by atomic mass is 35.5. The van der Waals surface area contributed by atoms with Gasteiger partial charge < -0.3 is 9.73 Å². The van der Waals surface area contributed by atoms with Crippen LogP contribution in [0.4, 0.5) is 5.69 Å². The lowest BCUT2D eigenvalue weighted by atomic mass is 10.0. The highest BCUT2D eigenvalue weighted by Gasteiger charge is 2.14. The second-order valence-corrected chi connectivity index (χ2v) is 7.56. The van der Waals surface area contributed by atoms with Gasteiger partial charge in [0.2, 0.25) is 11.8 Å². The molecule has 1 amide bonds. The number of benzene rings is 3. The van der Waals surface area contributed by atoms with E-state index in [0.29, 0.717) is 21.8 Å². The van der Waals surface area contributed by atoms with Gasteiger partial charge in [-0.05, 0) is 41.5 Å². The Hall–Kier alpha value is -2.83. The number of rotatable bonds is 5. The molecule has 0 radical (unpaired) electrons. The van der Waals surface area contributed by atoms with E-state index in [-0.39, 0.29) is 11.7 Å². The van der Waals surface area contributed by atoms with Gasteiger partial charge in [0.05, 0.1) is 5.75 Å². The third-order valence-corrected chi connectivity index (χ3v) is 5.28. The number of carbonyl (C=O) groups excluding carboxylic acids is 1. The summed E-state index contributed by atoms with van der Waals surface area (Å²) in [6, 6.07) is 19.3. The Morgan fingerprint density at radius 3 is 2.82 bits per heavy atom. The van der Waals surface area contributed by atoms with Gasteiger partial charge in [-0.2, -0.15) is 0 Å². The molecule has 1 heterocycles. The number of halogens is 1. The van der Waals surface area contributed by atoms with Crippen LogP contribution in [0.2, 0.25) is 5.02 Å². The van der Waals surface area contributed by atoms with Crippen molar-refractivity contribution < 1.29 is 9.21 Å². The first-order valence-electron chi connectivity index (χ1n) is 8.60. The summed E-state index contributed by atoms with van der Waals surface area (Å²) in [5.41, 5.74) is 2.51. The van der Waals surface area contributed by atoms with Crippen LogP contribution in [0.3, 0.4) is 0 Å². The number of hydrogen-bond acceptors (Lipinski definition) is 5. The number of thioether (sulfide) groups is 1. The normalized spacial score (nSPS) is 10.9. The molecule has 7 heteroatoms. The molecule has 0 saturated carbocycles. The number of aromatic nitrogens is 2. The maximum Gasteiger partial charge on any atom is 0.277 e. The standard InChI is InChI=1S/C21H16ClN3O2S/c1-13-9-10-15(22)11-18(13)23-19(26)12-28-21-25-24-20(27-21)17-8-4-6-14-5-2-3-7-16(14)17/h2-11H,12H2,1H3,(H,23,26). The molecule has 5 nitrogen and oxygen atoms in total. The van der Waals surface area contributed by atoms with Gasteiger partial charge in [0.25, 0.3) is 5.22 Å². The van der Waals surface area contributed by atoms with Gasteiger partial charge in [0.15, 0.2) is 0 Å². The first-order chi connectivity index (χ1) is 13.6. The molecule has 28 heavy (non-hydrogen) atoms. The van der Waals surface area contributed by atoms with E-state index in [1.165, 1.54) is 11.8 Å². The van der Waals surface area contributed by atoms with E-state index in [2.05, 4.69) is 15.5 Å². The van der Waals surface area contributed by atoms with Gasteiger partial charge >= 0.3 is 0 Å². The Bertz CT molecular complexity index is 1150. The summed E-state index contributed by atoms with van der Waals surface area (Å²) in [7, 11) is 0. The fourth-order valence-corrected chi connectivity index (χ4v) is 3.57. The Morgan fingerprint density at radius 2 is 1.93 bits per heavy atom. The second-order valence-electron chi connectivity index (χ2n) is 6.20. The number of hydrogen-bond donors (Lipinski definition) is 1. The molecule has 1 N–H and O–H groups in total. The molecule has 0 bridgehead atoms. The predicted molar refractivity (Wildman–Crippen MR) is 113 cm³/mol. The van der Waals surface area contributed by atoms with Crippen LogP contribution in [0, 0.1) is 6.92 Å². The quantitative estimate of drug-likeness (QED) is 0.435. The Balaban J connectivity index is 1.45. The molecule has 4 rings (SSSR count). The molecule has 0 unspecified atom stereocenters. The molecule has 0 aliphatic heterocycles. The lowest BCUT2D eigenvalue weighted by Crippen LogP contribution is -2.14. The van der Waals surface area contributed by atoms with Crippen LogP contribution < -0.4 is 5.32 Å². The lowest BCUT2D eigenvalue weighted by molar-refractivity contribution is -0.113. The first kappa shape index (κ1) is 18.5. The zero-order chi connectivity index (χ0) is 19.5. The van der Waals surface area contributed by atoms with E-state index in [9.17, 15) is 4.79 Å². The van der Waals surface area contributed by atoms with Gasteiger partial charge in [0.1, 0.15) is 0 Å². The van der Waals surface area contributed by atoms with Crippen molar-refractivity contribution in [3.05, 3.63) is 71.2 Å². The van der Waals surface area contributed by atoms with Crippen molar-refractivity contribution in [1.29, 1.82) is 0 Å². The Labute approximate surface area is 171 Å². The van der Waals surface area contributed by atoms with E-state index in [1.807, 2.05) is 55.5 Å². The summed E-state index contributed by atoms with van der Waals surface area (Å²) in [5, 5.41) is 14.1. The Morgan fingerprint density at radius 1 is 1.11 bits per heavy atom.